The molecule has 0 saturated carbocycles. The molecule has 0 fully saturated rings. The first-order valence-corrected chi connectivity index (χ1v) is 7.58. The van der Waals surface area contributed by atoms with Crippen molar-refractivity contribution >= 4 is 5.91 Å². The maximum atomic E-state index is 12.1. The Morgan fingerprint density at radius 3 is 2.42 bits per heavy atom. The molecular weight excluding hydrogens is 300 g/mol. The van der Waals surface area contributed by atoms with Crippen molar-refractivity contribution in [3.8, 4) is 6.07 Å². The van der Waals surface area contributed by atoms with Gasteiger partial charge in [0.25, 0.3) is 5.91 Å². The van der Waals surface area contributed by atoms with E-state index in [0.29, 0.717) is 17.7 Å². The first kappa shape index (κ1) is 15.5. The number of nitrogens with zero attached hydrogens (tertiary/aromatic N) is 3. The van der Waals surface area contributed by atoms with Crippen molar-refractivity contribution < 1.29 is 4.79 Å². The van der Waals surface area contributed by atoms with Crippen molar-refractivity contribution in [2.24, 2.45) is 0 Å². The van der Waals surface area contributed by atoms with Gasteiger partial charge in [-0.3, -0.25) is 9.48 Å². The van der Waals surface area contributed by atoms with Crippen LogP contribution >= 0.6 is 0 Å². The van der Waals surface area contributed by atoms with Gasteiger partial charge in [-0.25, -0.2) is 0 Å². The standard InChI is InChI=1S/C19H16N4O/c20-12-15-6-8-18(9-7-15)19(24)21-13-16-2-4-17(5-3-16)14-23-11-1-10-22-23/h1-11H,13-14H2,(H,21,24). The van der Waals surface area contributed by atoms with Crippen LogP contribution in [0, 0.1) is 11.3 Å². The molecule has 0 aliphatic rings. The Hall–Kier alpha value is -3.39. The van der Waals surface area contributed by atoms with E-state index in [1.54, 1.807) is 30.5 Å². The maximum absolute atomic E-state index is 12.1. The van der Waals surface area contributed by atoms with E-state index >= 15 is 0 Å². The van der Waals surface area contributed by atoms with E-state index in [2.05, 4.69) is 10.4 Å². The summed E-state index contributed by atoms with van der Waals surface area (Å²) < 4.78 is 1.86. The van der Waals surface area contributed by atoms with Crippen LogP contribution < -0.4 is 5.32 Å². The van der Waals surface area contributed by atoms with Crippen LogP contribution in [-0.2, 0) is 13.1 Å². The third-order valence-corrected chi connectivity index (χ3v) is 3.66. The van der Waals surface area contributed by atoms with Crippen LogP contribution in [0.1, 0.15) is 27.0 Å². The van der Waals surface area contributed by atoms with E-state index in [-0.39, 0.29) is 5.91 Å². The van der Waals surface area contributed by atoms with E-state index in [4.69, 9.17) is 5.26 Å². The summed E-state index contributed by atoms with van der Waals surface area (Å²) >= 11 is 0. The van der Waals surface area contributed by atoms with E-state index in [1.165, 1.54) is 0 Å². The first-order chi connectivity index (χ1) is 11.7. The van der Waals surface area contributed by atoms with E-state index in [1.807, 2.05) is 47.3 Å². The van der Waals surface area contributed by atoms with Crippen LogP contribution in [0.3, 0.4) is 0 Å². The van der Waals surface area contributed by atoms with Gasteiger partial charge in [0.05, 0.1) is 18.2 Å². The normalized spacial score (nSPS) is 10.1. The second-order valence-corrected chi connectivity index (χ2v) is 5.39. The largest absolute Gasteiger partial charge is 0.348 e. The summed E-state index contributed by atoms with van der Waals surface area (Å²) in [6, 6.07) is 18.6. The van der Waals surface area contributed by atoms with Crippen molar-refractivity contribution in [2.45, 2.75) is 13.1 Å². The number of nitriles is 1. The number of rotatable bonds is 5. The van der Waals surface area contributed by atoms with Gasteiger partial charge in [0.2, 0.25) is 0 Å². The van der Waals surface area contributed by atoms with Crippen molar-refractivity contribution in [2.75, 3.05) is 0 Å². The van der Waals surface area contributed by atoms with Crippen LogP contribution in [-0.4, -0.2) is 15.7 Å². The van der Waals surface area contributed by atoms with Crippen molar-refractivity contribution in [1.82, 2.24) is 15.1 Å². The fourth-order valence-electron chi connectivity index (χ4n) is 2.32. The molecule has 0 unspecified atom stereocenters. The number of nitrogens with one attached hydrogen (secondary N) is 1. The number of hydrogen-bond acceptors (Lipinski definition) is 3. The van der Waals surface area contributed by atoms with Crippen LogP contribution in [0.15, 0.2) is 67.0 Å². The molecule has 0 atom stereocenters. The Labute approximate surface area is 140 Å². The molecule has 3 rings (SSSR count). The highest BCUT2D eigenvalue weighted by molar-refractivity contribution is 5.94. The molecular formula is C19H16N4O. The fraction of sp³-hybridized carbons (Fsp3) is 0.105. The van der Waals surface area contributed by atoms with Crippen LogP contribution in [0.25, 0.3) is 0 Å². The monoisotopic (exact) mass is 316 g/mol. The zero-order valence-electron chi connectivity index (χ0n) is 13.0. The maximum Gasteiger partial charge on any atom is 0.251 e. The Balaban J connectivity index is 1.56. The van der Waals surface area contributed by atoms with Gasteiger partial charge in [-0.15, -0.1) is 0 Å². The topological polar surface area (TPSA) is 70.7 Å². The summed E-state index contributed by atoms with van der Waals surface area (Å²) in [4.78, 5) is 12.1. The van der Waals surface area contributed by atoms with Gasteiger partial charge in [-0.2, -0.15) is 10.4 Å². The highest BCUT2D eigenvalue weighted by Gasteiger charge is 2.05. The summed E-state index contributed by atoms with van der Waals surface area (Å²) in [6.07, 6.45) is 3.68. The molecule has 0 saturated heterocycles. The summed E-state index contributed by atoms with van der Waals surface area (Å²) in [5.41, 5.74) is 3.27. The average Bonchev–Trinajstić information content (AvgIpc) is 3.14. The van der Waals surface area contributed by atoms with Gasteiger partial charge in [0.1, 0.15) is 0 Å². The molecule has 1 amide bonds. The average molecular weight is 316 g/mol. The molecule has 5 heteroatoms. The lowest BCUT2D eigenvalue weighted by atomic mass is 10.1. The SMILES string of the molecule is N#Cc1ccc(C(=O)NCc2ccc(Cn3cccn3)cc2)cc1. The smallest absolute Gasteiger partial charge is 0.251 e. The minimum Gasteiger partial charge on any atom is -0.348 e. The van der Waals surface area contributed by atoms with Gasteiger partial charge < -0.3 is 5.32 Å². The third kappa shape index (κ3) is 3.87. The molecule has 3 aromatic rings. The predicted octanol–water partition coefficient (Wildman–Crippen LogP) is 2.73. The second-order valence-electron chi connectivity index (χ2n) is 5.39. The lowest BCUT2D eigenvalue weighted by Crippen LogP contribution is -2.22. The molecule has 1 aromatic heterocycles. The summed E-state index contributed by atoms with van der Waals surface area (Å²) in [7, 11) is 0. The number of hydrogen-bond donors (Lipinski definition) is 1. The Morgan fingerprint density at radius 1 is 1.08 bits per heavy atom. The summed E-state index contributed by atoms with van der Waals surface area (Å²) in [6.45, 7) is 1.19. The van der Waals surface area contributed by atoms with Crippen LogP contribution in [0.4, 0.5) is 0 Å². The molecule has 2 aromatic carbocycles. The molecule has 1 N–H and O–H groups in total. The Morgan fingerprint density at radius 2 is 1.79 bits per heavy atom. The van der Waals surface area contributed by atoms with Crippen molar-refractivity contribution in [3.05, 3.63) is 89.2 Å². The molecule has 0 radical (unpaired) electrons. The number of carbonyl (C=O) groups excluding carboxylic acids is 1. The molecule has 0 bridgehead atoms. The highest BCUT2D eigenvalue weighted by Crippen LogP contribution is 2.07. The fourth-order valence-corrected chi connectivity index (χ4v) is 2.32. The minimum absolute atomic E-state index is 0.153. The van der Waals surface area contributed by atoms with Gasteiger partial charge in [-0.05, 0) is 41.5 Å². The molecule has 118 valence electrons. The van der Waals surface area contributed by atoms with Crippen LogP contribution in [0.5, 0.6) is 0 Å². The van der Waals surface area contributed by atoms with Gasteiger partial charge >= 0.3 is 0 Å². The number of carbonyl (C=O) groups is 1. The highest BCUT2D eigenvalue weighted by atomic mass is 16.1. The van der Waals surface area contributed by atoms with E-state index < -0.39 is 0 Å². The Kier molecular flexibility index (Phi) is 4.68. The summed E-state index contributed by atoms with van der Waals surface area (Å²) in [5, 5.41) is 15.8. The quantitative estimate of drug-likeness (QED) is 0.787. The van der Waals surface area contributed by atoms with Gasteiger partial charge in [0.15, 0.2) is 0 Å². The molecule has 5 nitrogen and oxygen atoms in total. The number of amides is 1. The summed E-state index contributed by atoms with van der Waals surface area (Å²) in [5.74, 6) is -0.153. The molecule has 0 aliphatic heterocycles. The zero-order valence-corrected chi connectivity index (χ0v) is 13.0. The first-order valence-electron chi connectivity index (χ1n) is 7.58. The van der Waals surface area contributed by atoms with Gasteiger partial charge in [-0.1, -0.05) is 24.3 Å². The van der Waals surface area contributed by atoms with Crippen molar-refractivity contribution in [3.63, 3.8) is 0 Å². The third-order valence-electron chi connectivity index (χ3n) is 3.66. The zero-order chi connectivity index (χ0) is 16.8. The lowest BCUT2D eigenvalue weighted by Gasteiger charge is -2.07. The van der Waals surface area contributed by atoms with Crippen LogP contribution in [0.2, 0.25) is 0 Å². The van der Waals surface area contributed by atoms with E-state index in [9.17, 15) is 4.79 Å². The Bertz CT molecular complexity index is 844. The minimum atomic E-state index is -0.153. The van der Waals surface area contributed by atoms with Crippen molar-refractivity contribution in [1.29, 1.82) is 5.26 Å². The molecule has 0 aliphatic carbocycles. The second kappa shape index (κ2) is 7.25. The lowest BCUT2D eigenvalue weighted by molar-refractivity contribution is 0.0951. The van der Waals surface area contributed by atoms with E-state index in [0.717, 1.165) is 17.7 Å². The molecule has 1 heterocycles. The van der Waals surface area contributed by atoms with Gasteiger partial charge in [0, 0.05) is 24.5 Å². The number of benzene rings is 2. The molecule has 0 spiro atoms. The number of aromatic nitrogens is 2. The molecule has 24 heavy (non-hydrogen) atoms. The predicted molar refractivity (Wildman–Crippen MR) is 90.1 cm³/mol.